The highest BCUT2D eigenvalue weighted by Gasteiger charge is 2.03. The SMILES string of the molecule is O=CNCCc1c[nH]c2ccc(I)cc12. The Balaban J connectivity index is 2.27. The van der Waals surface area contributed by atoms with Crippen molar-refractivity contribution in [3.8, 4) is 0 Å². The maximum Gasteiger partial charge on any atom is 0.207 e. The Morgan fingerprint density at radius 1 is 1.47 bits per heavy atom. The third-order valence-corrected chi connectivity index (χ3v) is 3.02. The topological polar surface area (TPSA) is 44.9 Å². The monoisotopic (exact) mass is 314 g/mol. The molecular weight excluding hydrogens is 303 g/mol. The summed E-state index contributed by atoms with van der Waals surface area (Å²) in [6.07, 6.45) is 3.60. The van der Waals surface area contributed by atoms with E-state index in [2.05, 4.69) is 51.1 Å². The third-order valence-electron chi connectivity index (χ3n) is 2.35. The van der Waals surface area contributed by atoms with E-state index in [0.29, 0.717) is 6.54 Å². The number of fused-ring (bicyclic) bond motifs is 1. The Hall–Kier alpha value is -1.04. The van der Waals surface area contributed by atoms with E-state index >= 15 is 0 Å². The Morgan fingerprint density at radius 3 is 3.13 bits per heavy atom. The Bertz CT molecular complexity index is 478. The number of amides is 1. The van der Waals surface area contributed by atoms with Crippen molar-refractivity contribution in [2.45, 2.75) is 6.42 Å². The van der Waals surface area contributed by atoms with Crippen LogP contribution in [0.1, 0.15) is 5.56 Å². The minimum atomic E-state index is 0.682. The molecule has 0 aliphatic carbocycles. The van der Waals surface area contributed by atoms with Crippen LogP contribution in [0.2, 0.25) is 0 Å². The zero-order valence-corrected chi connectivity index (χ0v) is 10.2. The molecule has 2 aromatic rings. The van der Waals surface area contributed by atoms with Gasteiger partial charge in [-0.15, -0.1) is 0 Å². The lowest BCUT2D eigenvalue weighted by Crippen LogP contribution is -2.14. The second-order valence-corrected chi connectivity index (χ2v) is 4.57. The highest BCUT2D eigenvalue weighted by Crippen LogP contribution is 2.20. The number of hydrogen-bond donors (Lipinski definition) is 2. The maximum absolute atomic E-state index is 10.1. The van der Waals surface area contributed by atoms with E-state index < -0.39 is 0 Å². The van der Waals surface area contributed by atoms with E-state index in [1.54, 1.807) is 0 Å². The first-order chi connectivity index (χ1) is 7.31. The van der Waals surface area contributed by atoms with Crippen molar-refractivity contribution >= 4 is 39.9 Å². The van der Waals surface area contributed by atoms with E-state index in [9.17, 15) is 4.79 Å². The lowest BCUT2D eigenvalue weighted by Gasteiger charge is -1.98. The van der Waals surface area contributed by atoms with Gasteiger partial charge in [0.1, 0.15) is 0 Å². The van der Waals surface area contributed by atoms with Gasteiger partial charge in [0.15, 0.2) is 0 Å². The molecule has 0 bridgehead atoms. The first-order valence-corrected chi connectivity index (χ1v) is 5.81. The van der Waals surface area contributed by atoms with Crippen molar-refractivity contribution in [1.29, 1.82) is 0 Å². The fraction of sp³-hybridized carbons (Fsp3) is 0.182. The summed E-state index contributed by atoms with van der Waals surface area (Å²) in [5.74, 6) is 0. The number of H-pyrrole nitrogens is 1. The van der Waals surface area contributed by atoms with Crippen LogP contribution in [0.5, 0.6) is 0 Å². The van der Waals surface area contributed by atoms with Crippen LogP contribution in [0.3, 0.4) is 0 Å². The molecule has 78 valence electrons. The summed E-state index contributed by atoms with van der Waals surface area (Å²) < 4.78 is 1.23. The molecule has 0 atom stereocenters. The molecule has 0 aliphatic rings. The van der Waals surface area contributed by atoms with Crippen LogP contribution in [-0.4, -0.2) is 17.9 Å². The van der Waals surface area contributed by atoms with Crippen LogP contribution in [0.15, 0.2) is 24.4 Å². The first kappa shape index (κ1) is 10.5. The van der Waals surface area contributed by atoms with Gasteiger partial charge >= 0.3 is 0 Å². The number of aromatic nitrogens is 1. The van der Waals surface area contributed by atoms with Gasteiger partial charge in [-0.2, -0.15) is 0 Å². The molecule has 2 rings (SSSR count). The van der Waals surface area contributed by atoms with Crippen molar-refractivity contribution in [1.82, 2.24) is 10.3 Å². The van der Waals surface area contributed by atoms with Crippen molar-refractivity contribution < 1.29 is 4.79 Å². The van der Waals surface area contributed by atoms with Crippen molar-refractivity contribution in [2.75, 3.05) is 6.54 Å². The van der Waals surface area contributed by atoms with E-state index in [0.717, 1.165) is 18.3 Å². The molecule has 0 saturated carbocycles. The number of aromatic amines is 1. The van der Waals surface area contributed by atoms with Gasteiger partial charge < -0.3 is 10.3 Å². The fourth-order valence-corrected chi connectivity index (χ4v) is 2.11. The largest absolute Gasteiger partial charge is 0.361 e. The number of carbonyl (C=O) groups is 1. The molecule has 2 N–H and O–H groups in total. The van der Waals surface area contributed by atoms with Gasteiger partial charge in [-0.3, -0.25) is 4.79 Å². The van der Waals surface area contributed by atoms with Gasteiger partial charge in [-0.25, -0.2) is 0 Å². The van der Waals surface area contributed by atoms with Gasteiger partial charge in [0, 0.05) is 27.2 Å². The van der Waals surface area contributed by atoms with Crippen molar-refractivity contribution in [3.05, 3.63) is 33.5 Å². The molecule has 1 aromatic carbocycles. The standard InChI is InChI=1S/C11H11IN2O/c12-9-1-2-11-10(5-9)8(6-14-11)3-4-13-7-15/h1-2,5-7,14H,3-4H2,(H,13,15). The summed E-state index contributed by atoms with van der Waals surface area (Å²) in [6, 6.07) is 6.31. The highest BCUT2D eigenvalue weighted by atomic mass is 127. The van der Waals surface area contributed by atoms with Crippen molar-refractivity contribution in [2.24, 2.45) is 0 Å². The average molecular weight is 314 g/mol. The number of halogens is 1. The molecule has 0 unspecified atom stereocenters. The number of benzene rings is 1. The zero-order valence-electron chi connectivity index (χ0n) is 8.09. The molecule has 3 nitrogen and oxygen atoms in total. The average Bonchev–Trinajstić information content (AvgIpc) is 2.62. The fourth-order valence-electron chi connectivity index (χ4n) is 1.62. The molecule has 1 heterocycles. The molecule has 1 amide bonds. The molecule has 0 fully saturated rings. The van der Waals surface area contributed by atoms with Crippen molar-refractivity contribution in [3.63, 3.8) is 0 Å². The van der Waals surface area contributed by atoms with Crippen LogP contribution in [0.4, 0.5) is 0 Å². The quantitative estimate of drug-likeness (QED) is 0.506. The summed E-state index contributed by atoms with van der Waals surface area (Å²) in [4.78, 5) is 13.4. The lowest BCUT2D eigenvalue weighted by molar-refractivity contribution is -0.109. The second kappa shape index (κ2) is 4.65. The van der Waals surface area contributed by atoms with Gasteiger partial charge in [-0.1, -0.05) is 0 Å². The van der Waals surface area contributed by atoms with Gasteiger partial charge in [-0.05, 0) is 52.8 Å². The molecule has 0 aliphatic heterocycles. The minimum absolute atomic E-state index is 0.682. The summed E-state index contributed by atoms with van der Waals surface area (Å²) in [5.41, 5.74) is 2.40. The molecule has 0 spiro atoms. The van der Waals surface area contributed by atoms with Crippen LogP contribution < -0.4 is 5.32 Å². The number of rotatable bonds is 4. The lowest BCUT2D eigenvalue weighted by atomic mass is 10.1. The van der Waals surface area contributed by atoms with E-state index in [-0.39, 0.29) is 0 Å². The van der Waals surface area contributed by atoms with E-state index in [1.807, 2.05) is 6.20 Å². The smallest absolute Gasteiger partial charge is 0.207 e. The Labute approximate surface area is 101 Å². The normalized spacial score (nSPS) is 10.5. The first-order valence-electron chi connectivity index (χ1n) is 4.74. The number of nitrogens with one attached hydrogen (secondary N) is 2. The predicted octanol–water partition coefficient (Wildman–Crippen LogP) is 2.06. The number of hydrogen-bond acceptors (Lipinski definition) is 1. The van der Waals surface area contributed by atoms with Crippen LogP contribution in [0, 0.1) is 3.57 Å². The van der Waals surface area contributed by atoms with Crippen LogP contribution in [-0.2, 0) is 11.2 Å². The summed E-state index contributed by atoms with van der Waals surface area (Å²) in [6.45, 7) is 0.682. The minimum Gasteiger partial charge on any atom is -0.361 e. The Morgan fingerprint density at radius 2 is 2.33 bits per heavy atom. The summed E-state index contributed by atoms with van der Waals surface area (Å²) in [7, 11) is 0. The van der Waals surface area contributed by atoms with Crippen LogP contribution >= 0.6 is 22.6 Å². The highest BCUT2D eigenvalue weighted by molar-refractivity contribution is 14.1. The van der Waals surface area contributed by atoms with E-state index in [1.165, 1.54) is 14.5 Å². The third kappa shape index (κ3) is 2.31. The zero-order chi connectivity index (χ0) is 10.7. The number of carbonyl (C=O) groups excluding carboxylic acids is 1. The Kier molecular flexibility index (Phi) is 3.25. The van der Waals surface area contributed by atoms with E-state index in [4.69, 9.17) is 0 Å². The predicted molar refractivity (Wildman–Crippen MR) is 68.8 cm³/mol. The molecule has 15 heavy (non-hydrogen) atoms. The molecular formula is C11H11IN2O. The van der Waals surface area contributed by atoms with Gasteiger partial charge in [0.05, 0.1) is 0 Å². The molecule has 4 heteroatoms. The van der Waals surface area contributed by atoms with Crippen LogP contribution in [0.25, 0.3) is 10.9 Å². The summed E-state index contributed by atoms with van der Waals surface area (Å²) in [5, 5.41) is 3.91. The van der Waals surface area contributed by atoms with Gasteiger partial charge in [0.2, 0.25) is 6.41 Å². The second-order valence-electron chi connectivity index (χ2n) is 3.33. The van der Waals surface area contributed by atoms with Gasteiger partial charge in [0.25, 0.3) is 0 Å². The molecule has 0 radical (unpaired) electrons. The molecule has 1 aromatic heterocycles. The molecule has 0 saturated heterocycles. The maximum atomic E-state index is 10.1. The summed E-state index contributed by atoms with van der Waals surface area (Å²) >= 11 is 2.30.